The Labute approximate surface area is 198 Å². The Bertz CT molecular complexity index is 1200. The van der Waals surface area contributed by atoms with Gasteiger partial charge in [0, 0.05) is 13.1 Å². The second-order valence-electron chi connectivity index (χ2n) is 7.57. The van der Waals surface area contributed by atoms with Crippen molar-refractivity contribution in [3.05, 3.63) is 53.6 Å². The first-order valence-electron chi connectivity index (χ1n) is 10.8. The van der Waals surface area contributed by atoms with Crippen LogP contribution in [0.3, 0.4) is 0 Å². The molecule has 0 aliphatic carbocycles. The predicted octanol–water partition coefficient (Wildman–Crippen LogP) is 2.23. The minimum absolute atomic E-state index is 0.0710. The largest absolute Gasteiger partial charge is 0.495 e. The first-order valence-corrected chi connectivity index (χ1v) is 12.2. The number of rotatable bonds is 7. The van der Waals surface area contributed by atoms with E-state index in [-0.39, 0.29) is 22.8 Å². The highest BCUT2D eigenvalue weighted by molar-refractivity contribution is 7.93. The number of nitrogens with zero attached hydrogens (tertiary/aromatic N) is 1. The molecule has 0 unspecified atom stereocenters. The number of para-hydroxylation sites is 1. The number of fused-ring (bicyclic) bond motifs is 1. The van der Waals surface area contributed by atoms with Gasteiger partial charge in [-0.3, -0.25) is 14.4 Å². The van der Waals surface area contributed by atoms with Gasteiger partial charge in [-0.2, -0.15) is 0 Å². The molecule has 1 aliphatic heterocycles. The van der Waals surface area contributed by atoms with Crippen LogP contribution >= 0.6 is 0 Å². The van der Waals surface area contributed by atoms with E-state index in [0.29, 0.717) is 18.7 Å². The molecule has 3 amide bonds. The van der Waals surface area contributed by atoms with Gasteiger partial charge in [0.25, 0.3) is 15.9 Å². The molecule has 11 heteroatoms. The summed E-state index contributed by atoms with van der Waals surface area (Å²) < 4.78 is 38.9. The molecule has 1 atom stereocenters. The minimum atomic E-state index is -4.07. The minimum Gasteiger partial charge on any atom is -0.495 e. The third kappa shape index (κ3) is 5.30. The maximum absolute atomic E-state index is 13.6. The van der Waals surface area contributed by atoms with E-state index in [9.17, 15) is 22.8 Å². The molecule has 0 fully saturated rings. The predicted molar refractivity (Wildman–Crippen MR) is 124 cm³/mol. The number of aryl methyl sites for hydroxylation is 1. The van der Waals surface area contributed by atoms with Gasteiger partial charge in [-0.25, -0.2) is 18.0 Å². The van der Waals surface area contributed by atoms with E-state index in [2.05, 4.69) is 10.6 Å². The maximum atomic E-state index is 13.6. The van der Waals surface area contributed by atoms with Gasteiger partial charge in [0.05, 0.1) is 18.4 Å². The number of carbonyl (C=O) groups is 3. The van der Waals surface area contributed by atoms with Crippen LogP contribution in [0, 0.1) is 0 Å². The first-order chi connectivity index (χ1) is 16.2. The number of methoxy groups -OCH3 is 1. The van der Waals surface area contributed by atoms with Crippen molar-refractivity contribution in [2.45, 2.75) is 37.7 Å². The first kappa shape index (κ1) is 25.0. The third-order valence-electron chi connectivity index (χ3n) is 5.26. The molecule has 0 radical (unpaired) electrons. The number of ether oxygens (including phenoxy) is 2. The lowest BCUT2D eigenvalue weighted by Gasteiger charge is -2.31. The van der Waals surface area contributed by atoms with Gasteiger partial charge < -0.3 is 14.8 Å². The topological polar surface area (TPSA) is 131 Å². The van der Waals surface area contributed by atoms with Crippen LogP contribution in [0.2, 0.25) is 0 Å². The van der Waals surface area contributed by atoms with E-state index < -0.39 is 34.0 Å². The summed E-state index contributed by atoms with van der Waals surface area (Å²) in [4.78, 5) is 36.1. The number of nitrogens with one attached hydrogen (secondary N) is 2. The zero-order valence-electron chi connectivity index (χ0n) is 19.2. The van der Waals surface area contributed by atoms with Crippen molar-refractivity contribution in [2.75, 3.05) is 24.5 Å². The van der Waals surface area contributed by atoms with Crippen LogP contribution < -0.4 is 19.7 Å². The Morgan fingerprint density at radius 3 is 2.59 bits per heavy atom. The molecule has 0 aromatic heterocycles. The van der Waals surface area contributed by atoms with Gasteiger partial charge in [0.2, 0.25) is 0 Å². The second kappa shape index (κ2) is 10.6. The molecule has 0 spiro atoms. The third-order valence-corrected chi connectivity index (χ3v) is 7.10. The van der Waals surface area contributed by atoms with Crippen LogP contribution in [-0.2, 0) is 26.0 Å². The number of carbonyl (C=O) groups excluding carboxylic acids is 3. The molecule has 3 rings (SSSR count). The average Bonchev–Trinajstić information content (AvgIpc) is 2.83. The summed E-state index contributed by atoms with van der Waals surface area (Å²) in [6.45, 7) is 3.59. The molecule has 182 valence electrons. The highest BCUT2D eigenvalue weighted by atomic mass is 32.2. The van der Waals surface area contributed by atoms with Crippen molar-refractivity contribution < 1.29 is 32.3 Å². The van der Waals surface area contributed by atoms with Gasteiger partial charge in [-0.1, -0.05) is 18.2 Å². The van der Waals surface area contributed by atoms with E-state index >= 15 is 0 Å². The van der Waals surface area contributed by atoms with Gasteiger partial charge >= 0.3 is 12.0 Å². The summed E-state index contributed by atoms with van der Waals surface area (Å²) >= 11 is 0. The van der Waals surface area contributed by atoms with Crippen molar-refractivity contribution in [1.29, 1.82) is 0 Å². The number of sulfonamides is 1. The molecule has 1 heterocycles. The number of anilines is 1. The Morgan fingerprint density at radius 1 is 1.15 bits per heavy atom. The quantitative estimate of drug-likeness (QED) is 0.570. The molecule has 2 N–H and O–H groups in total. The van der Waals surface area contributed by atoms with E-state index in [0.717, 1.165) is 12.0 Å². The van der Waals surface area contributed by atoms with Crippen LogP contribution in [-0.4, -0.2) is 52.6 Å². The standard InChI is InChI=1S/C23H27N3O7S/c1-4-24-23(29)25-21(27)15(2)33-22(28)17-11-12-19(32-3)20(14-17)34(30,31)26-13-7-9-16-8-5-6-10-18(16)26/h5-6,8,10-12,14-15H,4,7,9,13H2,1-3H3,(H2,24,25,27,29)/t15-/m0/s1. The monoisotopic (exact) mass is 489 g/mol. The van der Waals surface area contributed by atoms with Crippen molar-refractivity contribution >= 4 is 33.6 Å². The lowest BCUT2D eigenvalue weighted by Crippen LogP contribution is -2.44. The summed E-state index contributed by atoms with van der Waals surface area (Å²) in [5, 5.41) is 4.45. The number of hydrogen-bond donors (Lipinski definition) is 2. The molecule has 0 bridgehead atoms. The second-order valence-corrected chi connectivity index (χ2v) is 9.40. The molecule has 34 heavy (non-hydrogen) atoms. The van der Waals surface area contributed by atoms with Gasteiger partial charge in [0.15, 0.2) is 6.10 Å². The lowest BCUT2D eigenvalue weighted by atomic mass is 10.0. The summed E-state index contributed by atoms with van der Waals surface area (Å²) in [5.41, 5.74) is 1.42. The zero-order valence-corrected chi connectivity index (χ0v) is 20.0. The van der Waals surface area contributed by atoms with E-state index in [4.69, 9.17) is 9.47 Å². The van der Waals surface area contributed by atoms with E-state index in [1.54, 1.807) is 19.1 Å². The van der Waals surface area contributed by atoms with Crippen LogP contribution in [0.1, 0.15) is 36.2 Å². The van der Waals surface area contributed by atoms with Gasteiger partial charge in [-0.05, 0) is 56.5 Å². The lowest BCUT2D eigenvalue weighted by molar-refractivity contribution is -0.127. The van der Waals surface area contributed by atoms with Crippen LogP contribution in [0.25, 0.3) is 0 Å². The maximum Gasteiger partial charge on any atom is 0.338 e. The number of esters is 1. The van der Waals surface area contributed by atoms with Crippen LogP contribution in [0.5, 0.6) is 5.75 Å². The molecular formula is C23H27N3O7S. The summed E-state index contributed by atoms with van der Waals surface area (Å²) in [5.74, 6) is -1.66. The Hall–Kier alpha value is -3.60. The van der Waals surface area contributed by atoms with Crippen LogP contribution in [0.15, 0.2) is 47.4 Å². The Morgan fingerprint density at radius 2 is 1.88 bits per heavy atom. The normalized spacial score (nSPS) is 13.9. The SMILES string of the molecule is CCNC(=O)NC(=O)[C@H](C)OC(=O)c1ccc(OC)c(S(=O)(=O)N2CCCc3ccccc32)c1. The number of urea groups is 1. The van der Waals surface area contributed by atoms with Crippen molar-refractivity contribution in [2.24, 2.45) is 0 Å². The van der Waals surface area contributed by atoms with Gasteiger partial charge in [0.1, 0.15) is 10.6 Å². The number of imide groups is 1. The van der Waals surface area contributed by atoms with Gasteiger partial charge in [-0.15, -0.1) is 0 Å². The highest BCUT2D eigenvalue weighted by Gasteiger charge is 2.32. The molecule has 1 aliphatic rings. The fraction of sp³-hybridized carbons (Fsp3) is 0.348. The highest BCUT2D eigenvalue weighted by Crippen LogP contribution is 2.35. The number of amides is 3. The van der Waals surface area contributed by atoms with Crippen molar-refractivity contribution in [3.63, 3.8) is 0 Å². The Kier molecular flexibility index (Phi) is 7.77. The molecule has 10 nitrogen and oxygen atoms in total. The van der Waals surface area contributed by atoms with Crippen molar-refractivity contribution in [3.8, 4) is 5.75 Å². The molecule has 2 aromatic rings. The smallest absolute Gasteiger partial charge is 0.338 e. The van der Waals surface area contributed by atoms with Crippen molar-refractivity contribution in [1.82, 2.24) is 10.6 Å². The summed E-state index contributed by atoms with van der Waals surface area (Å²) in [7, 11) is -2.74. The number of benzene rings is 2. The fourth-order valence-corrected chi connectivity index (χ4v) is 5.30. The molecular weight excluding hydrogens is 462 g/mol. The zero-order chi connectivity index (χ0) is 24.9. The molecule has 0 saturated carbocycles. The average molecular weight is 490 g/mol. The summed E-state index contributed by atoms with van der Waals surface area (Å²) in [6, 6.07) is 10.4. The molecule has 2 aromatic carbocycles. The number of hydrogen-bond acceptors (Lipinski definition) is 7. The summed E-state index contributed by atoms with van der Waals surface area (Å²) in [6.07, 6.45) is 0.131. The fourth-order valence-electron chi connectivity index (χ4n) is 3.57. The molecule has 0 saturated heterocycles. The van der Waals surface area contributed by atoms with E-state index in [1.165, 1.54) is 36.5 Å². The van der Waals surface area contributed by atoms with E-state index in [1.807, 2.05) is 12.1 Å². The van der Waals surface area contributed by atoms with Crippen LogP contribution in [0.4, 0.5) is 10.5 Å². The Balaban J connectivity index is 1.87.